The topological polar surface area (TPSA) is 104 Å². The molecule has 1 heterocycles. The smallest absolute Gasteiger partial charge is 0.409 e. The minimum Gasteiger partial charge on any atom is -0.465 e. The second kappa shape index (κ2) is 39.7. The zero-order valence-corrected chi connectivity index (χ0v) is 38.7. The van der Waals surface area contributed by atoms with Gasteiger partial charge in [-0.3, -0.25) is 9.59 Å². The van der Waals surface area contributed by atoms with Gasteiger partial charge < -0.3 is 33.5 Å². The first kappa shape index (κ1) is 54.6. The maximum atomic E-state index is 13.0. The number of rotatable bonds is 41. The molecule has 1 saturated heterocycles. The molecule has 0 N–H and O–H groups in total. The number of allylic oxidation sites excluding steroid dienone is 4. The monoisotopic (exact) mass is 835 g/mol. The second-order valence-electron chi connectivity index (χ2n) is 17.1. The lowest BCUT2D eigenvalue weighted by Crippen LogP contribution is -2.53. The average Bonchev–Trinajstić information content (AvgIpc) is 3.20. The summed E-state index contributed by atoms with van der Waals surface area (Å²) in [5, 5.41) is 0. The maximum absolute atomic E-state index is 13.0. The summed E-state index contributed by atoms with van der Waals surface area (Å²) < 4.78 is 29.1. The number of hydrogen-bond donors (Lipinski definition) is 0. The molecule has 0 saturated carbocycles. The van der Waals surface area contributed by atoms with Crippen LogP contribution in [-0.2, 0) is 33.3 Å². The third-order valence-corrected chi connectivity index (χ3v) is 10.8. The standard InChI is InChI=1S/C49H90N2O8/c1-6-9-12-15-18-19-20-21-22-23-24-25-26-27-30-33-46(52)57-41-45(43-59-49(54)51-39-44(40-51)38-50(4)5)42-58-47(53)34-35-48(55-36-31-28-16-13-10-7-2)56-37-32-29-17-14-11-8-3/h18-19,21-22,44-45,48H,6-17,20,23-43H2,1-5H3/b19-18-,22-21-. The normalized spacial score (nSPS) is 13.8. The molecule has 1 aliphatic rings. The van der Waals surface area contributed by atoms with Crippen molar-refractivity contribution in [2.45, 2.75) is 194 Å². The van der Waals surface area contributed by atoms with E-state index in [0.29, 0.717) is 45.1 Å². The van der Waals surface area contributed by atoms with Gasteiger partial charge in [-0.25, -0.2) is 4.79 Å². The molecule has 344 valence electrons. The molecule has 10 heteroatoms. The van der Waals surface area contributed by atoms with E-state index in [1.807, 2.05) is 14.1 Å². The van der Waals surface area contributed by atoms with Gasteiger partial charge in [-0.05, 0) is 65.5 Å². The van der Waals surface area contributed by atoms with E-state index in [9.17, 15) is 14.4 Å². The Labute approximate surface area is 361 Å². The van der Waals surface area contributed by atoms with Crippen LogP contribution in [0.4, 0.5) is 4.79 Å². The van der Waals surface area contributed by atoms with Gasteiger partial charge in [0, 0.05) is 51.6 Å². The Kier molecular flexibility index (Phi) is 36.7. The molecule has 1 unspecified atom stereocenters. The number of carbonyl (C=O) groups is 3. The molecular weight excluding hydrogens is 745 g/mol. The van der Waals surface area contributed by atoms with E-state index in [-0.39, 0.29) is 44.3 Å². The van der Waals surface area contributed by atoms with Gasteiger partial charge in [0.15, 0.2) is 6.29 Å². The lowest BCUT2D eigenvalue weighted by Gasteiger charge is -2.39. The number of likely N-dealkylation sites (tertiary alicyclic amines) is 1. The van der Waals surface area contributed by atoms with E-state index < -0.39 is 12.2 Å². The Balaban J connectivity index is 2.51. The molecule has 0 bridgehead atoms. The summed E-state index contributed by atoms with van der Waals surface area (Å²) in [6, 6.07) is 0. The Hall–Kier alpha value is -2.43. The fourth-order valence-corrected chi connectivity index (χ4v) is 7.07. The van der Waals surface area contributed by atoms with Crippen molar-refractivity contribution in [1.29, 1.82) is 0 Å². The second-order valence-corrected chi connectivity index (χ2v) is 17.1. The number of amides is 1. The number of hydrogen-bond acceptors (Lipinski definition) is 9. The van der Waals surface area contributed by atoms with Gasteiger partial charge in [0.1, 0.15) is 19.8 Å². The predicted molar refractivity (Wildman–Crippen MR) is 241 cm³/mol. The summed E-state index contributed by atoms with van der Waals surface area (Å²) in [4.78, 5) is 42.2. The van der Waals surface area contributed by atoms with Crippen LogP contribution in [0.25, 0.3) is 0 Å². The van der Waals surface area contributed by atoms with Crippen LogP contribution in [0.2, 0.25) is 0 Å². The fraction of sp³-hybridized carbons (Fsp3) is 0.857. The summed E-state index contributed by atoms with van der Waals surface area (Å²) in [5.74, 6) is -0.680. The van der Waals surface area contributed by atoms with E-state index in [1.165, 1.54) is 77.0 Å². The molecular formula is C49H90N2O8. The lowest BCUT2D eigenvalue weighted by atomic mass is 10.0. The molecule has 59 heavy (non-hydrogen) atoms. The molecule has 1 atom stereocenters. The highest BCUT2D eigenvalue weighted by Crippen LogP contribution is 2.18. The number of esters is 2. The van der Waals surface area contributed by atoms with Crippen LogP contribution in [-0.4, -0.2) is 101 Å². The molecule has 1 fully saturated rings. The van der Waals surface area contributed by atoms with Crippen LogP contribution in [0.15, 0.2) is 24.3 Å². The predicted octanol–water partition coefficient (Wildman–Crippen LogP) is 12.0. The highest BCUT2D eigenvalue weighted by Gasteiger charge is 2.32. The van der Waals surface area contributed by atoms with Crippen molar-refractivity contribution in [3.63, 3.8) is 0 Å². The van der Waals surface area contributed by atoms with Gasteiger partial charge in [-0.2, -0.15) is 0 Å². The molecule has 1 rings (SSSR count). The average molecular weight is 835 g/mol. The minimum absolute atomic E-state index is 0.00327. The largest absolute Gasteiger partial charge is 0.465 e. The first-order valence-corrected chi connectivity index (χ1v) is 24.2. The van der Waals surface area contributed by atoms with Crippen molar-refractivity contribution < 1.29 is 38.1 Å². The van der Waals surface area contributed by atoms with E-state index in [1.54, 1.807) is 4.90 Å². The quantitative estimate of drug-likeness (QED) is 0.0196. The Morgan fingerprint density at radius 3 is 1.59 bits per heavy atom. The van der Waals surface area contributed by atoms with Crippen molar-refractivity contribution in [2.24, 2.45) is 11.8 Å². The van der Waals surface area contributed by atoms with Gasteiger partial charge in [-0.1, -0.05) is 141 Å². The Morgan fingerprint density at radius 1 is 0.576 bits per heavy atom. The molecule has 0 radical (unpaired) electrons. The molecule has 0 aromatic carbocycles. The summed E-state index contributed by atoms with van der Waals surface area (Å²) in [5.41, 5.74) is 0. The third kappa shape index (κ3) is 33.9. The van der Waals surface area contributed by atoms with Crippen LogP contribution < -0.4 is 0 Å². The highest BCUT2D eigenvalue weighted by molar-refractivity contribution is 5.70. The third-order valence-electron chi connectivity index (χ3n) is 10.8. The summed E-state index contributed by atoms with van der Waals surface area (Å²) in [6.07, 6.45) is 35.6. The van der Waals surface area contributed by atoms with Gasteiger partial charge in [0.25, 0.3) is 0 Å². The summed E-state index contributed by atoms with van der Waals surface area (Å²) in [7, 11) is 4.05. The van der Waals surface area contributed by atoms with Crippen molar-refractivity contribution in [2.75, 3.05) is 66.8 Å². The number of carbonyl (C=O) groups excluding carboxylic acids is 3. The SMILES string of the molecule is CCCCC/C=C\C/C=C\CCCCCCCC(=O)OCC(COC(=O)CCC(OCCCCCCCC)OCCCCCCCC)COC(=O)N1CC(CN(C)C)C1. The lowest BCUT2D eigenvalue weighted by molar-refractivity contribution is -0.161. The number of unbranched alkanes of at least 4 members (excludes halogenated alkanes) is 18. The molecule has 1 aliphatic heterocycles. The van der Waals surface area contributed by atoms with Gasteiger partial charge in [0.2, 0.25) is 0 Å². The van der Waals surface area contributed by atoms with Crippen molar-refractivity contribution in [1.82, 2.24) is 9.80 Å². The van der Waals surface area contributed by atoms with E-state index in [2.05, 4.69) is 50.0 Å². The Morgan fingerprint density at radius 2 is 1.03 bits per heavy atom. The number of nitrogens with zero attached hydrogens (tertiary/aromatic N) is 2. The molecule has 0 spiro atoms. The highest BCUT2D eigenvalue weighted by atomic mass is 16.7. The van der Waals surface area contributed by atoms with E-state index >= 15 is 0 Å². The first-order valence-electron chi connectivity index (χ1n) is 24.2. The summed E-state index contributed by atoms with van der Waals surface area (Å²) >= 11 is 0. The van der Waals surface area contributed by atoms with Crippen LogP contribution in [0.1, 0.15) is 188 Å². The maximum Gasteiger partial charge on any atom is 0.409 e. The van der Waals surface area contributed by atoms with Gasteiger partial charge in [-0.15, -0.1) is 0 Å². The first-order chi connectivity index (χ1) is 28.8. The zero-order valence-electron chi connectivity index (χ0n) is 38.7. The van der Waals surface area contributed by atoms with Crippen molar-refractivity contribution in [3.05, 3.63) is 24.3 Å². The molecule has 1 amide bonds. The van der Waals surface area contributed by atoms with Gasteiger partial charge >= 0.3 is 18.0 Å². The van der Waals surface area contributed by atoms with Crippen LogP contribution >= 0.6 is 0 Å². The Bertz CT molecular complexity index is 1040. The van der Waals surface area contributed by atoms with Crippen molar-refractivity contribution >= 4 is 18.0 Å². The van der Waals surface area contributed by atoms with Crippen molar-refractivity contribution in [3.8, 4) is 0 Å². The van der Waals surface area contributed by atoms with Gasteiger partial charge in [0.05, 0.1) is 12.3 Å². The number of ether oxygens (including phenoxy) is 5. The van der Waals surface area contributed by atoms with Crippen LogP contribution in [0.3, 0.4) is 0 Å². The van der Waals surface area contributed by atoms with E-state index in [4.69, 9.17) is 23.7 Å². The van der Waals surface area contributed by atoms with E-state index in [0.717, 1.165) is 77.2 Å². The molecule has 10 nitrogen and oxygen atoms in total. The summed E-state index contributed by atoms with van der Waals surface area (Å²) in [6.45, 7) is 10.2. The molecule has 0 aliphatic carbocycles. The zero-order chi connectivity index (χ0) is 43.0. The van der Waals surface area contributed by atoms with Crippen LogP contribution in [0, 0.1) is 11.8 Å². The minimum atomic E-state index is -0.459. The molecule has 0 aromatic rings. The fourth-order valence-electron chi connectivity index (χ4n) is 7.07. The molecule has 0 aromatic heterocycles. The van der Waals surface area contributed by atoms with Crippen LogP contribution in [0.5, 0.6) is 0 Å².